The molecule has 122 valence electrons. The average molecular weight is 319 g/mol. The smallest absolute Gasteiger partial charge is 0.328 e. The van der Waals surface area contributed by atoms with Gasteiger partial charge >= 0.3 is 5.97 Å². The van der Waals surface area contributed by atoms with E-state index in [-0.39, 0.29) is 6.61 Å². The van der Waals surface area contributed by atoms with Gasteiger partial charge in [0.2, 0.25) is 11.7 Å². The summed E-state index contributed by atoms with van der Waals surface area (Å²) in [5.41, 5.74) is 0.772. The van der Waals surface area contributed by atoms with Crippen molar-refractivity contribution in [2.24, 2.45) is 0 Å². The van der Waals surface area contributed by atoms with Crippen molar-refractivity contribution < 1.29 is 19.4 Å². The van der Waals surface area contributed by atoms with E-state index in [9.17, 15) is 9.59 Å². The number of tetrazole rings is 1. The highest BCUT2D eigenvalue weighted by Gasteiger charge is 2.25. The molecule has 23 heavy (non-hydrogen) atoms. The molecule has 9 nitrogen and oxygen atoms in total. The Labute approximate surface area is 132 Å². The van der Waals surface area contributed by atoms with Crippen molar-refractivity contribution in [3.8, 4) is 11.4 Å². The number of ether oxygens (including phenoxy) is 1. The molecule has 2 N–H and O–H groups in total. The number of methoxy groups -OCH3 is 1. The van der Waals surface area contributed by atoms with Gasteiger partial charge in [0.1, 0.15) is 6.04 Å². The number of aromatic nitrogens is 4. The zero-order valence-electron chi connectivity index (χ0n) is 12.7. The molecule has 0 saturated heterocycles. The minimum absolute atomic E-state index is 0.131. The molecule has 0 radical (unpaired) electrons. The summed E-state index contributed by atoms with van der Waals surface area (Å²) in [6.45, 7) is 1.42. The summed E-state index contributed by atoms with van der Waals surface area (Å²) in [5, 5.41) is 23.3. The molecule has 9 heteroatoms. The van der Waals surface area contributed by atoms with Crippen LogP contribution in [0.1, 0.15) is 13.0 Å². The summed E-state index contributed by atoms with van der Waals surface area (Å²) >= 11 is 0. The highest BCUT2D eigenvalue weighted by molar-refractivity contribution is 5.85. The standard InChI is InChI=1S/C14H17N5O4/c1-9(13(20)15-11(8-23-2)14(21)22)19-17-12(16-18-19)10-6-4-3-5-7-10/h3-7,9,11H,8H2,1-2H3,(H,15,20)(H,21,22). The van der Waals surface area contributed by atoms with Crippen LogP contribution in [0.4, 0.5) is 0 Å². The quantitative estimate of drug-likeness (QED) is 0.743. The zero-order valence-corrected chi connectivity index (χ0v) is 12.7. The second-order valence-corrected chi connectivity index (χ2v) is 4.83. The molecule has 0 bridgehead atoms. The van der Waals surface area contributed by atoms with Gasteiger partial charge in [-0.2, -0.15) is 4.80 Å². The topological polar surface area (TPSA) is 119 Å². The Morgan fingerprint density at radius 2 is 2.04 bits per heavy atom. The Bertz CT molecular complexity index is 673. The third kappa shape index (κ3) is 4.10. The van der Waals surface area contributed by atoms with E-state index < -0.39 is 24.0 Å². The molecular formula is C14H17N5O4. The van der Waals surface area contributed by atoms with Crippen LogP contribution in [-0.4, -0.2) is 56.9 Å². The van der Waals surface area contributed by atoms with Crippen molar-refractivity contribution >= 4 is 11.9 Å². The number of carbonyl (C=O) groups is 2. The predicted octanol–water partition coefficient (Wildman–Crippen LogP) is 0.117. The monoisotopic (exact) mass is 319 g/mol. The number of aliphatic carboxylic acids is 1. The molecule has 1 aromatic heterocycles. The highest BCUT2D eigenvalue weighted by atomic mass is 16.5. The number of carboxylic acid groups (broad SMARTS) is 1. The van der Waals surface area contributed by atoms with Crippen LogP contribution in [0.25, 0.3) is 11.4 Å². The molecule has 2 aromatic rings. The van der Waals surface area contributed by atoms with Gasteiger partial charge in [-0.3, -0.25) is 4.79 Å². The first-order valence-corrected chi connectivity index (χ1v) is 6.90. The molecule has 0 fully saturated rings. The maximum atomic E-state index is 12.1. The van der Waals surface area contributed by atoms with E-state index in [1.165, 1.54) is 7.11 Å². The summed E-state index contributed by atoms with van der Waals surface area (Å²) in [4.78, 5) is 24.3. The number of carbonyl (C=O) groups excluding carboxylic acids is 1. The van der Waals surface area contributed by atoms with Crippen LogP contribution in [0.2, 0.25) is 0 Å². The van der Waals surface area contributed by atoms with E-state index in [0.29, 0.717) is 5.82 Å². The molecule has 0 aliphatic heterocycles. The lowest BCUT2D eigenvalue weighted by Gasteiger charge is -2.16. The fourth-order valence-electron chi connectivity index (χ4n) is 1.83. The predicted molar refractivity (Wildman–Crippen MR) is 79.4 cm³/mol. The van der Waals surface area contributed by atoms with E-state index in [1.54, 1.807) is 6.92 Å². The van der Waals surface area contributed by atoms with Crippen molar-refractivity contribution in [2.45, 2.75) is 19.0 Å². The Kier molecular flexibility index (Phi) is 5.36. The lowest BCUT2D eigenvalue weighted by atomic mass is 10.2. The third-order valence-corrected chi connectivity index (χ3v) is 3.13. The van der Waals surface area contributed by atoms with Crippen LogP contribution in [0.15, 0.2) is 30.3 Å². The lowest BCUT2D eigenvalue weighted by Crippen LogP contribution is -2.46. The normalized spacial score (nSPS) is 13.3. The maximum absolute atomic E-state index is 12.1. The first-order chi connectivity index (χ1) is 11.0. The SMILES string of the molecule is COCC(NC(=O)C(C)n1nnc(-c2ccccc2)n1)C(=O)O. The fourth-order valence-corrected chi connectivity index (χ4v) is 1.83. The van der Waals surface area contributed by atoms with E-state index in [4.69, 9.17) is 9.84 Å². The molecule has 0 aliphatic carbocycles. The Morgan fingerprint density at radius 1 is 1.35 bits per heavy atom. The van der Waals surface area contributed by atoms with Gasteiger partial charge in [0, 0.05) is 12.7 Å². The molecule has 0 saturated carbocycles. The van der Waals surface area contributed by atoms with Crippen LogP contribution >= 0.6 is 0 Å². The van der Waals surface area contributed by atoms with Crippen LogP contribution < -0.4 is 5.32 Å². The second kappa shape index (κ2) is 7.45. The molecule has 1 heterocycles. The van der Waals surface area contributed by atoms with Gasteiger partial charge in [0.05, 0.1) is 6.61 Å². The first kappa shape index (κ1) is 16.6. The molecule has 2 atom stereocenters. The van der Waals surface area contributed by atoms with E-state index in [0.717, 1.165) is 10.4 Å². The first-order valence-electron chi connectivity index (χ1n) is 6.90. The molecule has 0 spiro atoms. The number of nitrogens with one attached hydrogen (secondary N) is 1. The van der Waals surface area contributed by atoms with Crippen LogP contribution in [0, 0.1) is 0 Å². The zero-order chi connectivity index (χ0) is 16.8. The Balaban J connectivity index is 2.08. The van der Waals surface area contributed by atoms with Gasteiger partial charge in [-0.15, -0.1) is 10.2 Å². The number of amides is 1. The van der Waals surface area contributed by atoms with Gasteiger partial charge in [-0.25, -0.2) is 4.79 Å². The highest BCUT2D eigenvalue weighted by Crippen LogP contribution is 2.13. The van der Waals surface area contributed by atoms with Gasteiger partial charge in [0.15, 0.2) is 6.04 Å². The molecule has 1 amide bonds. The van der Waals surface area contributed by atoms with Gasteiger partial charge in [-0.05, 0) is 12.1 Å². The summed E-state index contributed by atoms with van der Waals surface area (Å²) in [6, 6.07) is 7.26. The molecule has 2 rings (SSSR count). The summed E-state index contributed by atoms with van der Waals surface area (Å²) in [7, 11) is 1.36. The number of rotatable bonds is 7. The Hall–Kier alpha value is -2.81. The summed E-state index contributed by atoms with van der Waals surface area (Å²) in [5.74, 6) is -1.33. The third-order valence-electron chi connectivity index (χ3n) is 3.13. The van der Waals surface area contributed by atoms with Crippen LogP contribution in [0.5, 0.6) is 0 Å². The minimum atomic E-state index is -1.18. The minimum Gasteiger partial charge on any atom is -0.480 e. The van der Waals surface area contributed by atoms with Gasteiger partial charge < -0.3 is 15.2 Å². The number of carboxylic acids is 1. The second-order valence-electron chi connectivity index (χ2n) is 4.83. The van der Waals surface area contributed by atoms with Crippen molar-refractivity contribution in [3.05, 3.63) is 30.3 Å². The van der Waals surface area contributed by atoms with Crippen molar-refractivity contribution in [1.82, 2.24) is 25.5 Å². The van der Waals surface area contributed by atoms with Crippen LogP contribution in [0.3, 0.4) is 0 Å². The van der Waals surface area contributed by atoms with Crippen LogP contribution in [-0.2, 0) is 14.3 Å². The number of hydrogen-bond donors (Lipinski definition) is 2. The fraction of sp³-hybridized carbons (Fsp3) is 0.357. The van der Waals surface area contributed by atoms with Crippen molar-refractivity contribution in [2.75, 3.05) is 13.7 Å². The number of hydrogen-bond acceptors (Lipinski definition) is 6. The molecule has 0 aliphatic rings. The molecule has 2 unspecified atom stereocenters. The Morgan fingerprint density at radius 3 is 2.65 bits per heavy atom. The van der Waals surface area contributed by atoms with Crippen molar-refractivity contribution in [3.63, 3.8) is 0 Å². The molecule has 1 aromatic carbocycles. The van der Waals surface area contributed by atoms with E-state index in [2.05, 4.69) is 20.7 Å². The summed E-state index contributed by atoms with van der Waals surface area (Å²) < 4.78 is 4.77. The van der Waals surface area contributed by atoms with E-state index in [1.807, 2.05) is 30.3 Å². The average Bonchev–Trinajstić information content (AvgIpc) is 3.04. The van der Waals surface area contributed by atoms with Gasteiger partial charge in [0.25, 0.3) is 0 Å². The number of benzene rings is 1. The van der Waals surface area contributed by atoms with E-state index >= 15 is 0 Å². The van der Waals surface area contributed by atoms with Crippen molar-refractivity contribution in [1.29, 1.82) is 0 Å². The summed E-state index contributed by atoms with van der Waals surface area (Å²) in [6.07, 6.45) is 0. The lowest BCUT2D eigenvalue weighted by molar-refractivity contribution is -0.143. The van der Waals surface area contributed by atoms with Gasteiger partial charge in [-0.1, -0.05) is 30.3 Å². The molecular weight excluding hydrogens is 302 g/mol. The maximum Gasteiger partial charge on any atom is 0.328 e. The number of nitrogens with zero attached hydrogens (tertiary/aromatic N) is 4. The largest absolute Gasteiger partial charge is 0.480 e.